The maximum atomic E-state index is 6.16. The molecule has 0 atom stereocenters. The lowest BCUT2D eigenvalue weighted by Crippen LogP contribution is -2.24. The number of rotatable bonds is 5. The molecule has 0 radical (unpaired) electrons. The second-order valence-electron chi connectivity index (χ2n) is 4.46. The van der Waals surface area contributed by atoms with Gasteiger partial charge < -0.3 is 5.32 Å². The molecule has 0 spiro atoms. The van der Waals surface area contributed by atoms with Gasteiger partial charge in [-0.1, -0.05) is 54.5 Å². The van der Waals surface area contributed by atoms with Gasteiger partial charge in [0.2, 0.25) is 0 Å². The monoisotopic (exact) mass is 315 g/mol. The van der Waals surface area contributed by atoms with Crippen LogP contribution in [0.4, 0.5) is 0 Å². The van der Waals surface area contributed by atoms with Crippen molar-refractivity contribution in [2.75, 3.05) is 6.54 Å². The van der Waals surface area contributed by atoms with E-state index in [1.54, 1.807) is 0 Å². The van der Waals surface area contributed by atoms with Gasteiger partial charge in [-0.3, -0.25) is 0 Å². The van der Waals surface area contributed by atoms with Crippen LogP contribution in [0, 0.1) is 0 Å². The third-order valence-corrected chi connectivity index (χ3v) is 4.17. The molecule has 0 amide bonds. The van der Waals surface area contributed by atoms with E-state index in [2.05, 4.69) is 29.4 Å². The number of nitrogens with one attached hydrogen (secondary N) is 1. The van der Waals surface area contributed by atoms with Gasteiger partial charge in [-0.2, -0.15) is 0 Å². The summed E-state index contributed by atoms with van der Waals surface area (Å²) < 4.78 is 0. The summed E-state index contributed by atoms with van der Waals surface area (Å²) in [7, 11) is 0. The zero-order valence-electron chi connectivity index (χ0n) is 10.8. The highest BCUT2D eigenvalue weighted by Gasteiger charge is 2.13. The molecule has 0 fully saturated rings. The molecule has 3 nitrogen and oxygen atoms in total. The highest BCUT2D eigenvalue weighted by atomic mass is 35.5. The third kappa shape index (κ3) is 3.89. The Morgan fingerprint density at radius 1 is 1.21 bits per heavy atom. The van der Waals surface area contributed by atoms with E-state index < -0.39 is 0 Å². The quantitative estimate of drug-likeness (QED) is 0.904. The van der Waals surface area contributed by atoms with Gasteiger partial charge in [0.25, 0.3) is 0 Å². The molecule has 2 aromatic rings. The highest BCUT2D eigenvalue weighted by molar-refractivity contribution is 7.14. The Morgan fingerprint density at radius 2 is 1.89 bits per heavy atom. The maximum Gasteiger partial charge on any atom is 0.150 e. The molecule has 0 unspecified atom stereocenters. The average Bonchev–Trinajstić information content (AvgIpc) is 2.77. The van der Waals surface area contributed by atoms with Crippen LogP contribution < -0.4 is 5.32 Å². The second kappa shape index (κ2) is 6.66. The number of aromatic nitrogens is 2. The Hall–Kier alpha value is -0.680. The van der Waals surface area contributed by atoms with E-state index in [1.807, 2.05) is 18.2 Å². The molecule has 6 heteroatoms. The summed E-state index contributed by atoms with van der Waals surface area (Å²) in [6, 6.07) is 5.92. The minimum Gasteiger partial charge on any atom is -0.314 e. The van der Waals surface area contributed by atoms with Crippen molar-refractivity contribution in [2.45, 2.75) is 26.3 Å². The molecule has 19 heavy (non-hydrogen) atoms. The lowest BCUT2D eigenvalue weighted by molar-refractivity contribution is 0.588. The Labute approximate surface area is 127 Å². The first-order chi connectivity index (χ1) is 9.08. The van der Waals surface area contributed by atoms with Crippen molar-refractivity contribution in [3.63, 3.8) is 0 Å². The normalized spacial score (nSPS) is 11.2. The van der Waals surface area contributed by atoms with Crippen LogP contribution in [0.15, 0.2) is 18.2 Å². The van der Waals surface area contributed by atoms with Gasteiger partial charge >= 0.3 is 0 Å². The summed E-state index contributed by atoms with van der Waals surface area (Å²) in [5.41, 5.74) is 0.770. The van der Waals surface area contributed by atoms with E-state index in [1.165, 1.54) is 11.3 Å². The van der Waals surface area contributed by atoms with Crippen LogP contribution in [0.2, 0.25) is 10.0 Å². The molecule has 0 saturated carbocycles. The summed E-state index contributed by atoms with van der Waals surface area (Å²) >= 11 is 13.9. The molecule has 0 aliphatic carbocycles. The lowest BCUT2D eigenvalue weighted by atomic mass is 10.2. The summed E-state index contributed by atoms with van der Waals surface area (Å²) in [6.45, 7) is 5.13. The first-order valence-electron chi connectivity index (χ1n) is 6.08. The van der Waals surface area contributed by atoms with Crippen molar-refractivity contribution in [1.29, 1.82) is 0 Å². The van der Waals surface area contributed by atoms with Crippen molar-refractivity contribution in [3.05, 3.63) is 33.3 Å². The molecular weight excluding hydrogens is 301 g/mol. The van der Waals surface area contributed by atoms with Crippen molar-refractivity contribution in [3.8, 4) is 10.6 Å². The first kappa shape index (κ1) is 14.7. The van der Waals surface area contributed by atoms with Gasteiger partial charge in [0, 0.05) is 24.6 Å². The molecule has 2 rings (SSSR count). The first-order valence-corrected chi connectivity index (χ1v) is 7.65. The van der Waals surface area contributed by atoms with Gasteiger partial charge in [-0.05, 0) is 12.1 Å². The van der Waals surface area contributed by atoms with Crippen LogP contribution in [-0.2, 0) is 6.42 Å². The standard InChI is InChI=1S/C13H15Cl2N3S/c1-8(2)16-7-6-11-17-18-13(19-11)12-9(14)4-3-5-10(12)15/h3-5,8,16H,6-7H2,1-2H3. The van der Waals surface area contributed by atoms with Crippen LogP contribution in [0.1, 0.15) is 18.9 Å². The molecule has 0 saturated heterocycles. The number of hydrogen-bond acceptors (Lipinski definition) is 4. The molecule has 0 aliphatic rings. The van der Waals surface area contributed by atoms with Crippen LogP contribution in [0.25, 0.3) is 10.6 Å². The lowest BCUT2D eigenvalue weighted by Gasteiger charge is -2.05. The fourth-order valence-corrected chi connectivity index (χ4v) is 3.23. The molecule has 1 N–H and O–H groups in total. The SMILES string of the molecule is CC(C)NCCc1nnc(-c2c(Cl)cccc2Cl)s1. The van der Waals surface area contributed by atoms with E-state index in [9.17, 15) is 0 Å². The zero-order valence-corrected chi connectivity index (χ0v) is 13.1. The Morgan fingerprint density at radius 3 is 2.53 bits per heavy atom. The van der Waals surface area contributed by atoms with Crippen LogP contribution in [0.3, 0.4) is 0 Å². The van der Waals surface area contributed by atoms with Crippen molar-refractivity contribution in [1.82, 2.24) is 15.5 Å². The van der Waals surface area contributed by atoms with E-state index in [0.717, 1.165) is 28.5 Å². The second-order valence-corrected chi connectivity index (χ2v) is 6.33. The van der Waals surface area contributed by atoms with Gasteiger partial charge in [0.05, 0.1) is 10.0 Å². The molecule has 0 bridgehead atoms. The minimum absolute atomic E-state index is 0.477. The summed E-state index contributed by atoms with van der Waals surface area (Å²) in [6.07, 6.45) is 0.859. The Bertz CT molecular complexity index is 534. The predicted octanol–water partition coefficient (Wildman–Crippen LogP) is 4.05. The van der Waals surface area contributed by atoms with Gasteiger partial charge in [-0.15, -0.1) is 10.2 Å². The fraction of sp³-hybridized carbons (Fsp3) is 0.385. The van der Waals surface area contributed by atoms with Crippen LogP contribution in [-0.4, -0.2) is 22.8 Å². The predicted molar refractivity (Wildman–Crippen MR) is 82.2 cm³/mol. The minimum atomic E-state index is 0.477. The summed E-state index contributed by atoms with van der Waals surface area (Å²) in [5, 5.41) is 14.7. The summed E-state index contributed by atoms with van der Waals surface area (Å²) in [5.74, 6) is 0. The molecule has 102 valence electrons. The Balaban J connectivity index is 2.12. The van der Waals surface area contributed by atoms with Gasteiger partial charge in [0.1, 0.15) is 5.01 Å². The van der Waals surface area contributed by atoms with Crippen LogP contribution in [0.5, 0.6) is 0 Å². The van der Waals surface area contributed by atoms with Crippen molar-refractivity contribution < 1.29 is 0 Å². The van der Waals surface area contributed by atoms with Crippen LogP contribution >= 0.6 is 34.5 Å². The number of benzene rings is 1. The average molecular weight is 316 g/mol. The van der Waals surface area contributed by atoms with E-state index in [4.69, 9.17) is 23.2 Å². The van der Waals surface area contributed by atoms with E-state index in [-0.39, 0.29) is 0 Å². The number of nitrogens with zero attached hydrogens (tertiary/aromatic N) is 2. The zero-order chi connectivity index (χ0) is 13.8. The topological polar surface area (TPSA) is 37.8 Å². The van der Waals surface area contributed by atoms with Gasteiger partial charge in [-0.25, -0.2) is 0 Å². The number of halogens is 2. The smallest absolute Gasteiger partial charge is 0.150 e. The summed E-state index contributed by atoms with van der Waals surface area (Å²) in [4.78, 5) is 0. The van der Waals surface area contributed by atoms with Crippen molar-refractivity contribution >= 4 is 34.5 Å². The van der Waals surface area contributed by atoms with E-state index in [0.29, 0.717) is 16.1 Å². The number of hydrogen-bond donors (Lipinski definition) is 1. The van der Waals surface area contributed by atoms with Crippen molar-refractivity contribution in [2.24, 2.45) is 0 Å². The van der Waals surface area contributed by atoms with E-state index >= 15 is 0 Å². The molecule has 1 aromatic carbocycles. The third-order valence-electron chi connectivity index (χ3n) is 2.53. The molecule has 1 heterocycles. The Kier molecular flexibility index (Phi) is 5.16. The largest absolute Gasteiger partial charge is 0.314 e. The molecule has 0 aliphatic heterocycles. The maximum absolute atomic E-state index is 6.16. The fourth-order valence-electron chi connectivity index (χ4n) is 1.63. The molecule has 1 aromatic heterocycles. The molecular formula is C13H15Cl2N3S. The van der Waals surface area contributed by atoms with Gasteiger partial charge in [0.15, 0.2) is 5.01 Å². The highest BCUT2D eigenvalue weighted by Crippen LogP contribution is 2.36.